The second-order valence-corrected chi connectivity index (χ2v) is 5.38. The Labute approximate surface area is 120 Å². The van der Waals surface area contributed by atoms with Gasteiger partial charge in [-0.2, -0.15) is 5.10 Å². The fraction of sp³-hybridized carbons (Fsp3) is 0.286. The zero-order valence-corrected chi connectivity index (χ0v) is 12.3. The maximum absolute atomic E-state index is 11.7. The zero-order valence-electron chi connectivity index (χ0n) is 10.7. The summed E-state index contributed by atoms with van der Waals surface area (Å²) >= 11 is 3.32. The van der Waals surface area contributed by atoms with E-state index in [0.29, 0.717) is 6.54 Å². The van der Waals surface area contributed by atoms with Crippen LogP contribution in [0.4, 0.5) is 5.69 Å². The normalized spacial score (nSPS) is 12.1. The SMILES string of the molecule is CCC(Br)C(=O)Nc1cnn(Cc2ccccc2)c1. The topological polar surface area (TPSA) is 46.9 Å². The number of aromatic nitrogens is 2. The molecule has 1 aromatic carbocycles. The highest BCUT2D eigenvalue weighted by Crippen LogP contribution is 2.11. The number of carbonyl (C=O) groups is 1. The van der Waals surface area contributed by atoms with Crippen LogP contribution in [0.15, 0.2) is 42.7 Å². The van der Waals surface area contributed by atoms with Crippen molar-refractivity contribution in [2.45, 2.75) is 24.7 Å². The molecule has 1 heterocycles. The largest absolute Gasteiger partial charge is 0.322 e. The van der Waals surface area contributed by atoms with Crippen LogP contribution in [0.2, 0.25) is 0 Å². The molecule has 1 unspecified atom stereocenters. The minimum Gasteiger partial charge on any atom is -0.322 e. The number of hydrogen-bond acceptors (Lipinski definition) is 2. The lowest BCUT2D eigenvalue weighted by Gasteiger charge is -2.06. The van der Waals surface area contributed by atoms with Crippen molar-refractivity contribution in [3.8, 4) is 0 Å². The maximum atomic E-state index is 11.7. The molecule has 0 spiro atoms. The highest BCUT2D eigenvalue weighted by molar-refractivity contribution is 9.10. The first kappa shape index (κ1) is 13.8. The van der Waals surface area contributed by atoms with Gasteiger partial charge in [-0.15, -0.1) is 0 Å². The second kappa shape index (κ2) is 6.52. The Balaban J connectivity index is 1.98. The Morgan fingerprint density at radius 3 is 2.84 bits per heavy atom. The standard InChI is InChI=1S/C14H16BrN3O/c1-2-13(15)14(19)17-12-8-16-18(10-12)9-11-6-4-3-5-7-11/h3-8,10,13H,2,9H2,1H3,(H,17,19). The van der Waals surface area contributed by atoms with Crippen molar-refractivity contribution in [3.05, 3.63) is 48.3 Å². The van der Waals surface area contributed by atoms with Crippen LogP contribution in [0.1, 0.15) is 18.9 Å². The van der Waals surface area contributed by atoms with E-state index in [0.717, 1.165) is 12.1 Å². The molecule has 2 aromatic rings. The van der Waals surface area contributed by atoms with Crippen LogP contribution in [-0.4, -0.2) is 20.5 Å². The molecule has 0 radical (unpaired) electrons. The molecule has 5 heteroatoms. The quantitative estimate of drug-likeness (QED) is 0.860. The average molecular weight is 322 g/mol. The van der Waals surface area contributed by atoms with E-state index in [1.807, 2.05) is 43.5 Å². The van der Waals surface area contributed by atoms with Crippen LogP contribution in [-0.2, 0) is 11.3 Å². The molecule has 0 bridgehead atoms. The van der Waals surface area contributed by atoms with E-state index >= 15 is 0 Å². The number of halogens is 1. The summed E-state index contributed by atoms with van der Waals surface area (Å²) in [4.78, 5) is 11.6. The van der Waals surface area contributed by atoms with E-state index in [4.69, 9.17) is 0 Å². The third-order valence-electron chi connectivity index (χ3n) is 2.73. The minimum absolute atomic E-state index is 0.0400. The monoisotopic (exact) mass is 321 g/mol. The van der Waals surface area contributed by atoms with Crippen LogP contribution < -0.4 is 5.32 Å². The Morgan fingerprint density at radius 2 is 2.16 bits per heavy atom. The Bertz CT molecular complexity index is 539. The summed E-state index contributed by atoms with van der Waals surface area (Å²) in [5.74, 6) is -0.0400. The average Bonchev–Trinajstić information content (AvgIpc) is 2.86. The van der Waals surface area contributed by atoms with Crippen LogP contribution >= 0.6 is 15.9 Å². The van der Waals surface area contributed by atoms with Gasteiger partial charge in [-0.25, -0.2) is 0 Å². The van der Waals surface area contributed by atoms with E-state index in [2.05, 4.69) is 26.3 Å². The van der Waals surface area contributed by atoms with Crippen molar-refractivity contribution in [1.82, 2.24) is 9.78 Å². The summed E-state index contributed by atoms with van der Waals surface area (Å²) in [7, 11) is 0. The molecule has 0 fully saturated rings. The molecular weight excluding hydrogens is 306 g/mol. The first-order valence-corrected chi connectivity index (χ1v) is 7.12. The lowest BCUT2D eigenvalue weighted by atomic mass is 10.2. The van der Waals surface area contributed by atoms with Gasteiger partial charge in [0.05, 0.1) is 23.3 Å². The molecular formula is C14H16BrN3O. The molecule has 0 aliphatic carbocycles. The number of nitrogens with zero attached hydrogens (tertiary/aromatic N) is 2. The molecule has 1 aromatic heterocycles. The first-order valence-electron chi connectivity index (χ1n) is 6.20. The summed E-state index contributed by atoms with van der Waals surface area (Å²) in [6.45, 7) is 2.65. The summed E-state index contributed by atoms with van der Waals surface area (Å²) in [5.41, 5.74) is 1.90. The van der Waals surface area contributed by atoms with Gasteiger partial charge in [0, 0.05) is 6.20 Å². The molecule has 2 rings (SSSR count). The molecule has 100 valence electrons. The van der Waals surface area contributed by atoms with E-state index in [9.17, 15) is 4.79 Å². The van der Waals surface area contributed by atoms with Crippen LogP contribution in [0, 0.1) is 0 Å². The van der Waals surface area contributed by atoms with Gasteiger partial charge in [0.25, 0.3) is 0 Å². The molecule has 19 heavy (non-hydrogen) atoms. The summed E-state index contributed by atoms with van der Waals surface area (Å²) < 4.78 is 1.81. The van der Waals surface area contributed by atoms with Crippen molar-refractivity contribution < 1.29 is 4.79 Å². The van der Waals surface area contributed by atoms with Crippen LogP contribution in [0.3, 0.4) is 0 Å². The minimum atomic E-state index is -0.162. The van der Waals surface area contributed by atoms with Crippen molar-refractivity contribution in [2.75, 3.05) is 5.32 Å². The lowest BCUT2D eigenvalue weighted by molar-refractivity contribution is -0.115. The number of hydrogen-bond donors (Lipinski definition) is 1. The van der Waals surface area contributed by atoms with Crippen molar-refractivity contribution in [2.24, 2.45) is 0 Å². The molecule has 1 amide bonds. The second-order valence-electron chi connectivity index (χ2n) is 4.28. The number of amides is 1. The van der Waals surface area contributed by atoms with Crippen LogP contribution in [0.5, 0.6) is 0 Å². The highest BCUT2D eigenvalue weighted by Gasteiger charge is 2.13. The smallest absolute Gasteiger partial charge is 0.238 e. The molecule has 0 aliphatic rings. The number of benzene rings is 1. The van der Waals surface area contributed by atoms with Crippen molar-refractivity contribution in [1.29, 1.82) is 0 Å². The van der Waals surface area contributed by atoms with Gasteiger partial charge in [0.15, 0.2) is 0 Å². The van der Waals surface area contributed by atoms with E-state index in [-0.39, 0.29) is 10.7 Å². The van der Waals surface area contributed by atoms with Gasteiger partial charge in [-0.05, 0) is 12.0 Å². The van der Waals surface area contributed by atoms with E-state index in [1.165, 1.54) is 5.56 Å². The van der Waals surface area contributed by atoms with E-state index < -0.39 is 0 Å². The Kier molecular flexibility index (Phi) is 4.74. The van der Waals surface area contributed by atoms with Crippen molar-refractivity contribution in [3.63, 3.8) is 0 Å². The highest BCUT2D eigenvalue weighted by atomic mass is 79.9. The molecule has 4 nitrogen and oxygen atoms in total. The van der Waals surface area contributed by atoms with Gasteiger partial charge >= 0.3 is 0 Å². The van der Waals surface area contributed by atoms with Gasteiger partial charge in [-0.1, -0.05) is 53.2 Å². The van der Waals surface area contributed by atoms with Gasteiger partial charge in [-0.3, -0.25) is 9.48 Å². The molecule has 0 saturated carbocycles. The van der Waals surface area contributed by atoms with Gasteiger partial charge in [0.2, 0.25) is 5.91 Å². The number of rotatable bonds is 5. The fourth-order valence-electron chi connectivity index (χ4n) is 1.69. The third kappa shape index (κ3) is 3.92. The molecule has 0 aliphatic heterocycles. The number of nitrogens with one attached hydrogen (secondary N) is 1. The van der Waals surface area contributed by atoms with Gasteiger partial charge < -0.3 is 5.32 Å². The Morgan fingerprint density at radius 1 is 1.42 bits per heavy atom. The van der Waals surface area contributed by atoms with Gasteiger partial charge in [0.1, 0.15) is 0 Å². The first-order chi connectivity index (χ1) is 9.19. The number of carbonyl (C=O) groups excluding carboxylic acids is 1. The zero-order chi connectivity index (χ0) is 13.7. The fourth-order valence-corrected chi connectivity index (χ4v) is 1.81. The lowest BCUT2D eigenvalue weighted by Crippen LogP contribution is -2.21. The van der Waals surface area contributed by atoms with Crippen molar-refractivity contribution >= 4 is 27.5 Å². The van der Waals surface area contributed by atoms with E-state index in [1.54, 1.807) is 10.9 Å². The molecule has 0 saturated heterocycles. The third-order valence-corrected chi connectivity index (χ3v) is 3.79. The summed E-state index contributed by atoms with van der Waals surface area (Å²) in [6.07, 6.45) is 4.25. The summed E-state index contributed by atoms with van der Waals surface area (Å²) in [6, 6.07) is 10.1. The predicted molar refractivity (Wildman–Crippen MR) is 79.4 cm³/mol. The summed E-state index contributed by atoms with van der Waals surface area (Å²) in [5, 5.41) is 7.07. The molecule has 1 N–H and O–H groups in total. The Hall–Kier alpha value is -1.62. The van der Waals surface area contributed by atoms with Crippen LogP contribution in [0.25, 0.3) is 0 Å². The molecule has 1 atom stereocenters. The maximum Gasteiger partial charge on any atom is 0.238 e. The number of alkyl halides is 1. The predicted octanol–water partition coefficient (Wildman–Crippen LogP) is 3.04. The number of anilines is 1.